The average Bonchev–Trinajstić information content (AvgIpc) is 3.21. The third kappa shape index (κ3) is 4.74. The predicted octanol–water partition coefficient (Wildman–Crippen LogP) is 5.33. The van der Waals surface area contributed by atoms with Gasteiger partial charge in [-0.2, -0.15) is 0 Å². The number of benzene rings is 1. The first-order chi connectivity index (χ1) is 15.6. The van der Waals surface area contributed by atoms with Crippen molar-refractivity contribution in [2.45, 2.75) is 70.6 Å². The number of fused-ring (bicyclic) bond motifs is 1. The number of ketones is 2. The fourth-order valence-corrected chi connectivity index (χ4v) is 4.62. The van der Waals surface area contributed by atoms with Gasteiger partial charge in [-0.25, -0.2) is 0 Å². The Labute approximate surface area is 188 Å². The van der Waals surface area contributed by atoms with Gasteiger partial charge in [-0.05, 0) is 37.2 Å². The van der Waals surface area contributed by atoms with Gasteiger partial charge in [0, 0.05) is 37.9 Å². The van der Waals surface area contributed by atoms with Crippen LogP contribution in [-0.2, 0) is 17.6 Å². The van der Waals surface area contributed by atoms with Crippen molar-refractivity contribution in [3.05, 3.63) is 64.2 Å². The van der Waals surface area contributed by atoms with Gasteiger partial charge in [-0.1, -0.05) is 48.8 Å². The zero-order valence-electron chi connectivity index (χ0n) is 18.6. The van der Waals surface area contributed by atoms with Gasteiger partial charge in [0.1, 0.15) is 11.5 Å². The summed E-state index contributed by atoms with van der Waals surface area (Å²) in [6.07, 6.45) is 5.53. The van der Waals surface area contributed by atoms with E-state index in [-0.39, 0.29) is 23.2 Å². The van der Waals surface area contributed by atoms with E-state index in [0.29, 0.717) is 79.8 Å². The lowest BCUT2D eigenvalue weighted by atomic mass is 9.81. The summed E-state index contributed by atoms with van der Waals surface area (Å²) >= 11 is 0. The summed E-state index contributed by atoms with van der Waals surface area (Å²) in [5.74, 6) is 0.889. The molecule has 0 saturated carbocycles. The van der Waals surface area contributed by atoms with Crippen molar-refractivity contribution in [3.63, 3.8) is 0 Å². The predicted molar refractivity (Wildman–Crippen MR) is 122 cm³/mol. The first-order valence-corrected chi connectivity index (χ1v) is 11.6. The van der Waals surface area contributed by atoms with Crippen molar-refractivity contribution in [2.75, 3.05) is 6.54 Å². The molecule has 1 aromatic heterocycles. The van der Waals surface area contributed by atoms with Crippen molar-refractivity contribution in [3.8, 4) is 0 Å². The smallest absolute Gasteiger partial charge is 0.168 e. The molecule has 1 aromatic carbocycles. The second-order valence-electron chi connectivity index (χ2n) is 8.65. The molecule has 2 aliphatic rings. The van der Waals surface area contributed by atoms with Gasteiger partial charge in [0.15, 0.2) is 11.6 Å². The molecule has 2 aliphatic carbocycles. The van der Waals surface area contributed by atoms with Crippen LogP contribution in [0, 0.1) is 0 Å². The third-order valence-electron chi connectivity index (χ3n) is 6.33. The summed E-state index contributed by atoms with van der Waals surface area (Å²) in [7, 11) is 0. The van der Waals surface area contributed by atoms with Crippen molar-refractivity contribution in [1.29, 1.82) is 0 Å². The van der Waals surface area contributed by atoms with E-state index in [1.165, 1.54) is 0 Å². The van der Waals surface area contributed by atoms with Crippen LogP contribution in [0.15, 0.2) is 51.2 Å². The normalized spacial score (nSPS) is 19.4. The number of nitrogens with zero attached hydrogens (tertiary/aromatic N) is 2. The summed E-state index contributed by atoms with van der Waals surface area (Å²) in [5, 5.41) is 14.6. The molecule has 32 heavy (non-hydrogen) atoms. The molecule has 0 amide bonds. The molecule has 6 nitrogen and oxygen atoms in total. The molecule has 0 radical (unpaired) electrons. The number of Topliss-reactive ketones (excluding diaryl/α,β-unsaturated/α-hetero) is 2. The first kappa shape index (κ1) is 22.2. The highest BCUT2D eigenvalue weighted by Crippen LogP contribution is 2.34. The zero-order chi connectivity index (χ0) is 22.5. The molecule has 0 fully saturated rings. The van der Waals surface area contributed by atoms with E-state index >= 15 is 0 Å². The number of unbranched alkanes of at least 4 members (excludes halogenated alkanes) is 1. The third-order valence-corrected chi connectivity index (χ3v) is 6.33. The Morgan fingerprint density at radius 1 is 1.16 bits per heavy atom. The Bertz CT molecular complexity index is 1050. The van der Waals surface area contributed by atoms with Crippen LogP contribution in [0.1, 0.15) is 85.2 Å². The molecule has 0 saturated heterocycles. The SMILES string of the molecule is CCCCN=C(CCc1noc2c1C(=O)CC(c1ccccc1)C2)C1=C(O)CCCC1=O. The quantitative estimate of drug-likeness (QED) is 0.448. The number of aliphatic hydroxyl groups excluding tert-OH is 1. The van der Waals surface area contributed by atoms with Crippen LogP contribution in [0.5, 0.6) is 0 Å². The highest BCUT2D eigenvalue weighted by Gasteiger charge is 2.33. The molecule has 0 bridgehead atoms. The number of aliphatic imine (C=N–C) groups is 1. The molecule has 0 aliphatic heterocycles. The number of carbonyl (C=O) groups is 2. The number of hydrogen-bond donors (Lipinski definition) is 1. The number of carbonyl (C=O) groups excluding carboxylic acids is 2. The highest BCUT2D eigenvalue weighted by atomic mass is 16.5. The number of rotatable bonds is 8. The van der Waals surface area contributed by atoms with E-state index in [9.17, 15) is 14.7 Å². The Kier molecular flexibility index (Phi) is 6.98. The molecule has 1 unspecified atom stereocenters. The van der Waals surface area contributed by atoms with Crippen molar-refractivity contribution in [1.82, 2.24) is 5.16 Å². The van der Waals surface area contributed by atoms with Gasteiger partial charge in [0.05, 0.1) is 16.8 Å². The zero-order valence-corrected chi connectivity index (χ0v) is 18.6. The monoisotopic (exact) mass is 434 g/mol. The van der Waals surface area contributed by atoms with Gasteiger partial charge in [0.25, 0.3) is 0 Å². The number of aryl methyl sites for hydroxylation is 1. The number of aliphatic hydroxyl groups is 1. The molecule has 0 spiro atoms. The highest BCUT2D eigenvalue weighted by molar-refractivity contribution is 6.23. The Morgan fingerprint density at radius 3 is 2.72 bits per heavy atom. The van der Waals surface area contributed by atoms with Crippen LogP contribution < -0.4 is 0 Å². The van der Waals surface area contributed by atoms with Gasteiger partial charge in [0.2, 0.25) is 0 Å². The minimum absolute atomic E-state index is 0.0482. The average molecular weight is 435 g/mol. The maximum Gasteiger partial charge on any atom is 0.168 e. The summed E-state index contributed by atoms with van der Waals surface area (Å²) in [6.45, 7) is 2.71. The van der Waals surface area contributed by atoms with Crippen LogP contribution in [0.25, 0.3) is 0 Å². The van der Waals surface area contributed by atoms with Crippen LogP contribution >= 0.6 is 0 Å². The number of aromatic nitrogens is 1. The van der Waals surface area contributed by atoms with Crippen molar-refractivity contribution in [2.24, 2.45) is 4.99 Å². The molecule has 1 heterocycles. The molecule has 6 heteroatoms. The first-order valence-electron chi connectivity index (χ1n) is 11.6. The van der Waals surface area contributed by atoms with Crippen molar-refractivity contribution >= 4 is 17.3 Å². The van der Waals surface area contributed by atoms with E-state index in [1.807, 2.05) is 30.3 Å². The molecule has 2 aromatic rings. The number of hydrogen-bond acceptors (Lipinski definition) is 6. The summed E-state index contributed by atoms with van der Waals surface area (Å²) in [4.78, 5) is 30.1. The molecular weight excluding hydrogens is 404 g/mol. The second-order valence-corrected chi connectivity index (χ2v) is 8.65. The fraction of sp³-hybridized carbons (Fsp3) is 0.462. The van der Waals surface area contributed by atoms with Gasteiger partial charge < -0.3 is 9.63 Å². The largest absolute Gasteiger partial charge is 0.511 e. The van der Waals surface area contributed by atoms with Crippen LogP contribution in [0.4, 0.5) is 0 Å². The molecule has 1 atom stereocenters. The number of allylic oxidation sites excluding steroid dienone is 2. The van der Waals surface area contributed by atoms with E-state index in [2.05, 4.69) is 17.1 Å². The molecular formula is C26H30N2O4. The maximum atomic E-state index is 13.0. The molecule has 1 N–H and O–H groups in total. The van der Waals surface area contributed by atoms with Crippen LogP contribution in [0.3, 0.4) is 0 Å². The Morgan fingerprint density at radius 2 is 1.97 bits per heavy atom. The van der Waals surface area contributed by atoms with E-state index in [0.717, 1.165) is 18.4 Å². The van der Waals surface area contributed by atoms with Crippen LogP contribution in [-0.4, -0.2) is 34.1 Å². The van der Waals surface area contributed by atoms with E-state index in [4.69, 9.17) is 4.52 Å². The van der Waals surface area contributed by atoms with Gasteiger partial charge >= 0.3 is 0 Å². The second kappa shape index (κ2) is 10.1. The summed E-state index contributed by atoms with van der Waals surface area (Å²) < 4.78 is 5.59. The fourth-order valence-electron chi connectivity index (χ4n) is 4.62. The topological polar surface area (TPSA) is 92.8 Å². The van der Waals surface area contributed by atoms with Crippen LogP contribution in [0.2, 0.25) is 0 Å². The Balaban J connectivity index is 1.53. The van der Waals surface area contributed by atoms with E-state index < -0.39 is 0 Å². The maximum absolute atomic E-state index is 13.0. The van der Waals surface area contributed by atoms with Gasteiger partial charge in [-0.3, -0.25) is 14.6 Å². The lowest BCUT2D eigenvalue weighted by Gasteiger charge is -2.20. The minimum atomic E-state index is -0.0482. The lowest BCUT2D eigenvalue weighted by molar-refractivity contribution is -0.115. The lowest BCUT2D eigenvalue weighted by Crippen LogP contribution is -2.21. The standard InChI is InChI=1S/C26H30N2O4/c1-2-3-14-27-19(25-21(29)10-7-11-22(25)30)12-13-20-26-23(31)15-18(16-24(26)32-28-20)17-8-5-4-6-9-17/h4-6,8-9,18,29H,2-3,7,10-16H2,1H3. The molecule has 4 rings (SSSR count). The van der Waals surface area contributed by atoms with E-state index in [1.54, 1.807) is 0 Å². The van der Waals surface area contributed by atoms with Crippen molar-refractivity contribution < 1.29 is 19.2 Å². The summed E-state index contributed by atoms with van der Waals surface area (Å²) in [6, 6.07) is 10.0. The minimum Gasteiger partial charge on any atom is -0.511 e. The molecule has 168 valence electrons. The van der Waals surface area contributed by atoms with Gasteiger partial charge in [-0.15, -0.1) is 0 Å². The summed E-state index contributed by atoms with van der Waals surface area (Å²) in [5.41, 5.74) is 3.36. The Hall–Kier alpha value is -3.02.